The number of amides is 1. The van der Waals surface area contributed by atoms with E-state index in [0.717, 1.165) is 48.0 Å². The Bertz CT molecular complexity index is 1460. The summed E-state index contributed by atoms with van der Waals surface area (Å²) in [5.74, 6) is 0.532. The quantitative estimate of drug-likeness (QED) is 0.209. The maximum Gasteiger partial charge on any atom is 0.308 e. The standard InChI is InChI=1S/C30H32N2O6S/c1-22(33)37-25-15-16-28-24(19-25)13-14-26(38-28)21-31(20-23-9-3-2-4-10-23)17-7-8-18-32-30(34)27-11-5-6-12-29(27)39(32,35)36/h2-6,9-12,15-16,19,26H,7-8,13-14,17-18,20-21H2,1H3/t26-/m1/s1/i13+2. The normalized spacial score (nSPS) is 17.4. The average molecular weight is 551 g/mol. The summed E-state index contributed by atoms with van der Waals surface area (Å²) in [4.78, 5) is 26.4. The van der Waals surface area contributed by atoms with E-state index < -0.39 is 15.9 Å². The van der Waals surface area contributed by atoms with Gasteiger partial charge in [-0.15, -0.1) is 0 Å². The first-order valence-corrected chi connectivity index (χ1v) is 14.7. The highest BCUT2D eigenvalue weighted by molar-refractivity contribution is 7.90. The molecule has 3 aromatic carbocycles. The summed E-state index contributed by atoms with van der Waals surface area (Å²) in [6.07, 6.45) is 2.95. The van der Waals surface area contributed by atoms with Gasteiger partial charge in [0.2, 0.25) is 0 Å². The van der Waals surface area contributed by atoms with E-state index in [1.54, 1.807) is 24.3 Å². The fourth-order valence-corrected chi connectivity index (χ4v) is 6.79. The first-order valence-electron chi connectivity index (χ1n) is 13.2. The zero-order chi connectivity index (χ0) is 27.4. The van der Waals surface area contributed by atoms with Crippen LogP contribution in [0.2, 0.25) is 0 Å². The molecule has 0 saturated carbocycles. The third-order valence-corrected chi connectivity index (χ3v) is 8.87. The highest BCUT2D eigenvalue weighted by atomic mass is 32.2. The van der Waals surface area contributed by atoms with Crippen molar-refractivity contribution in [2.75, 3.05) is 19.6 Å². The topological polar surface area (TPSA) is 93.2 Å². The van der Waals surface area contributed by atoms with Gasteiger partial charge in [-0.3, -0.25) is 14.5 Å². The molecule has 204 valence electrons. The number of carbonyl (C=O) groups is 2. The molecule has 2 aliphatic heterocycles. The second kappa shape index (κ2) is 11.6. The van der Waals surface area contributed by atoms with Crippen molar-refractivity contribution in [2.24, 2.45) is 0 Å². The lowest BCUT2D eigenvalue weighted by molar-refractivity contribution is -0.131. The summed E-state index contributed by atoms with van der Waals surface area (Å²) in [7, 11) is -3.78. The van der Waals surface area contributed by atoms with E-state index in [0.29, 0.717) is 18.7 Å². The summed E-state index contributed by atoms with van der Waals surface area (Å²) in [5.41, 5.74) is 2.46. The molecule has 0 saturated heterocycles. The van der Waals surface area contributed by atoms with Crippen LogP contribution in [-0.4, -0.2) is 55.2 Å². The lowest BCUT2D eigenvalue weighted by atomic mass is 10.1. The van der Waals surface area contributed by atoms with Gasteiger partial charge in [-0.2, -0.15) is 0 Å². The van der Waals surface area contributed by atoms with E-state index in [1.165, 1.54) is 18.6 Å². The Morgan fingerprint density at radius 3 is 2.62 bits per heavy atom. The number of esters is 1. The number of fused-ring (bicyclic) bond motifs is 2. The van der Waals surface area contributed by atoms with Crippen LogP contribution in [0.4, 0.5) is 0 Å². The Morgan fingerprint density at radius 1 is 1.08 bits per heavy atom. The molecule has 0 unspecified atom stereocenters. The van der Waals surface area contributed by atoms with Crippen molar-refractivity contribution < 1.29 is 27.5 Å². The lowest BCUT2D eigenvalue weighted by Gasteiger charge is -2.32. The highest BCUT2D eigenvalue weighted by Crippen LogP contribution is 2.32. The third kappa shape index (κ3) is 6.15. The van der Waals surface area contributed by atoms with Gasteiger partial charge in [-0.1, -0.05) is 42.5 Å². The summed E-state index contributed by atoms with van der Waals surface area (Å²) in [6, 6.07) is 22.0. The van der Waals surface area contributed by atoms with E-state index in [1.807, 2.05) is 30.3 Å². The molecule has 9 heteroatoms. The fourth-order valence-electron chi connectivity index (χ4n) is 5.19. The SMILES string of the molecule is CC(=O)Oc1ccc2c(c1)[14CH2]C[C@H](CN(CCCCN1C(=O)c3ccccc3S1(=O)=O)Cc1ccccc1)O2. The number of sulfonamides is 1. The number of benzene rings is 3. The number of carbonyl (C=O) groups excluding carboxylic acids is 2. The molecular formula is C30H32N2O6S. The minimum Gasteiger partial charge on any atom is -0.489 e. The number of hydrogen-bond acceptors (Lipinski definition) is 7. The summed E-state index contributed by atoms with van der Waals surface area (Å²) in [6.45, 7) is 3.74. The van der Waals surface area contributed by atoms with Crippen LogP contribution in [0.5, 0.6) is 11.5 Å². The minimum atomic E-state index is -3.78. The molecule has 0 spiro atoms. The Balaban J connectivity index is 1.20. The van der Waals surface area contributed by atoms with Gasteiger partial charge < -0.3 is 9.47 Å². The van der Waals surface area contributed by atoms with E-state index in [2.05, 4.69) is 17.0 Å². The second-order valence-corrected chi connectivity index (χ2v) is 11.8. The van der Waals surface area contributed by atoms with Crippen LogP contribution in [0.1, 0.15) is 47.7 Å². The molecule has 0 N–H and O–H groups in total. The van der Waals surface area contributed by atoms with Gasteiger partial charge in [0, 0.05) is 26.6 Å². The average Bonchev–Trinajstić information content (AvgIpc) is 3.11. The molecule has 39 heavy (non-hydrogen) atoms. The fraction of sp³-hybridized carbons (Fsp3) is 0.333. The monoisotopic (exact) mass is 550 g/mol. The van der Waals surface area contributed by atoms with Gasteiger partial charge in [0.25, 0.3) is 15.9 Å². The molecule has 2 aliphatic rings. The Kier molecular flexibility index (Phi) is 7.99. The number of ether oxygens (including phenoxy) is 2. The largest absolute Gasteiger partial charge is 0.489 e. The number of aryl methyl sites for hydroxylation is 1. The van der Waals surface area contributed by atoms with Gasteiger partial charge in [0.15, 0.2) is 0 Å². The van der Waals surface area contributed by atoms with Crippen LogP contribution in [0.15, 0.2) is 77.7 Å². The Hall–Kier alpha value is -3.69. The van der Waals surface area contributed by atoms with Gasteiger partial charge in [-0.25, -0.2) is 12.7 Å². The predicted octanol–water partition coefficient (Wildman–Crippen LogP) is 4.43. The van der Waals surface area contributed by atoms with E-state index in [9.17, 15) is 18.0 Å². The molecule has 1 atom stereocenters. The van der Waals surface area contributed by atoms with Crippen LogP contribution >= 0.6 is 0 Å². The molecule has 1 amide bonds. The van der Waals surface area contributed by atoms with Crippen molar-refractivity contribution in [1.82, 2.24) is 9.21 Å². The molecule has 0 aliphatic carbocycles. The van der Waals surface area contributed by atoms with E-state index in [-0.39, 0.29) is 29.1 Å². The molecule has 2 heterocycles. The van der Waals surface area contributed by atoms with Gasteiger partial charge >= 0.3 is 5.97 Å². The van der Waals surface area contributed by atoms with Crippen LogP contribution in [0.3, 0.4) is 0 Å². The maximum absolute atomic E-state index is 12.9. The zero-order valence-electron chi connectivity index (χ0n) is 21.9. The van der Waals surface area contributed by atoms with Crippen molar-refractivity contribution in [2.45, 2.75) is 50.2 Å². The van der Waals surface area contributed by atoms with Crippen molar-refractivity contribution in [3.63, 3.8) is 0 Å². The number of unbranched alkanes of at least 4 members (excludes halogenated alkanes) is 1. The first kappa shape index (κ1) is 26.9. The van der Waals surface area contributed by atoms with Crippen molar-refractivity contribution in [1.29, 1.82) is 0 Å². The Morgan fingerprint density at radius 2 is 1.85 bits per heavy atom. The van der Waals surface area contributed by atoms with Crippen LogP contribution in [-0.2, 0) is 27.8 Å². The number of rotatable bonds is 10. The van der Waals surface area contributed by atoms with E-state index >= 15 is 0 Å². The van der Waals surface area contributed by atoms with Crippen LogP contribution < -0.4 is 9.47 Å². The summed E-state index contributed by atoms with van der Waals surface area (Å²) < 4.78 is 38.2. The molecule has 0 radical (unpaired) electrons. The second-order valence-electron chi connectivity index (χ2n) is 9.95. The van der Waals surface area contributed by atoms with Crippen LogP contribution in [0.25, 0.3) is 0 Å². The van der Waals surface area contributed by atoms with Gasteiger partial charge in [0.1, 0.15) is 22.5 Å². The first-order chi connectivity index (χ1) is 18.8. The molecule has 5 rings (SSSR count). The maximum atomic E-state index is 12.9. The molecule has 0 bridgehead atoms. The van der Waals surface area contributed by atoms with Crippen molar-refractivity contribution in [3.05, 3.63) is 89.5 Å². The molecular weight excluding hydrogens is 518 g/mol. The number of hydrogen-bond donors (Lipinski definition) is 0. The van der Waals surface area contributed by atoms with Crippen molar-refractivity contribution >= 4 is 21.9 Å². The zero-order valence-corrected chi connectivity index (χ0v) is 22.7. The van der Waals surface area contributed by atoms with Gasteiger partial charge in [0.05, 0.1) is 5.56 Å². The molecule has 3 aromatic rings. The van der Waals surface area contributed by atoms with Crippen molar-refractivity contribution in [3.8, 4) is 11.5 Å². The number of nitrogens with zero attached hydrogens (tertiary/aromatic N) is 2. The molecule has 0 aromatic heterocycles. The predicted molar refractivity (Wildman–Crippen MR) is 146 cm³/mol. The lowest BCUT2D eigenvalue weighted by Crippen LogP contribution is -2.38. The summed E-state index contributed by atoms with van der Waals surface area (Å²) >= 11 is 0. The highest BCUT2D eigenvalue weighted by Gasteiger charge is 2.40. The van der Waals surface area contributed by atoms with Crippen LogP contribution in [0, 0.1) is 0 Å². The minimum absolute atomic E-state index is 0.00387. The van der Waals surface area contributed by atoms with E-state index in [4.69, 9.17) is 9.47 Å². The third-order valence-electron chi connectivity index (χ3n) is 7.03. The van der Waals surface area contributed by atoms with Gasteiger partial charge in [-0.05, 0) is 73.7 Å². The Labute approximate surface area is 229 Å². The summed E-state index contributed by atoms with van der Waals surface area (Å²) in [5, 5.41) is 0. The molecule has 8 nitrogen and oxygen atoms in total. The molecule has 0 fully saturated rings. The smallest absolute Gasteiger partial charge is 0.308 e.